The van der Waals surface area contributed by atoms with Crippen molar-refractivity contribution >= 4 is 16.9 Å². The summed E-state index contributed by atoms with van der Waals surface area (Å²) in [5.74, 6) is 1.53. The van der Waals surface area contributed by atoms with Gasteiger partial charge in [-0.15, -0.1) is 0 Å². The summed E-state index contributed by atoms with van der Waals surface area (Å²) >= 11 is 0. The molecule has 0 saturated heterocycles. The highest BCUT2D eigenvalue weighted by atomic mass is 16.5. The first-order valence-corrected chi connectivity index (χ1v) is 7.70. The van der Waals surface area contributed by atoms with E-state index in [1.54, 1.807) is 0 Å². The van der Waals surface area contributed by atoms with Gasteiger partial charge in [0.1, 0.15) is 17.0 Å². The van der Waals surface area contributed by atoms with Gasteiger partial charge < -0.3 is 9.84 Å². The van der Waals surface area contributed by atoms with Crippen LogP contribution in [0.25, 0.3) is 22.4 Å². The summed E-state index contributed by atoms with van der Waals surface area (Å²) in [5.41, 5.74) is 4.39. The SMILES string of the molecule is CCCNc1nc(CC)nc2c(-c3ccc(C)cc3)noc12. The summed E-state index contributed by atoms with van der Waals surface area (Å²) in [6.45, 7) is 7.07. The Morgan fingerprint density at radius 1 is 1.09 bits per heavy atom. The van der Waals surface area contributed by atoms with E-state index < -0.39 is 0 Å². The molecule has 0 aliphatic heterocycles. The van der Waals surface area contributed by atoms with Crippen molar-refractivity contribution in [3.63, 3.8) is 0 Å². The Morgan fingerprint density at radius 3 is 2.55 bits per heavy atom. The predicted molar refractivity (Wildman–Crippen MR) is 87.9 cm³/mol. The molecular weight excluding hydrogens is 276 g/mol. The van der Waals surface area contributed by atoms with E-state index >= 15 is 0 Å². The molecule has 1 N–H and O–H groups in total. The molecule has 5 nitrogen and oxygen atoms in total. The molecule has 0 saturated carbocycles. The first-order chi connectivity index (χ1) is 10.7. The maximum absolute atomic E-state index is 5.52. The van der Waals surface area contributed by atoms with Gasteiger partial charge in [-0.25, -0.2) is 9.97 Å². The van der Waals surface area contributed by atoms with Gasteiger partial charge in [0.05, 0.1) is 0 Å². The van der Waals surface area contributed by atoms with Crippen molar-refractivity contribution in [3.05, 3.63) is 35.7 Å². The number of aryl methyl sites for hydroxylation is 2. The molecule has 2 aromatic heterocycles. The van der Waals surface area contributed by atoms with Crippen LogP contribution in [0, 0.1) is 6.92 Å². The summed E-state index contributed by atoms with van der Waals surface area (Å²) in [6, 6.07) is 8.21. The average Bonchev–Trinajstić information content (AvgIpc) is 2.97. The molecule has 0 fully saturated rings. The maximum Gasteiger partial charge on any atom is 0.228 e. The Kier molecular flexibility index (Phi) is 4.04. The summed E-state index contributed by atoms with van der Waals surface area (Å²) in [4.78, 5) is 9.14. The minimum atomic E-state index is 0.626. The molecule has 0 amide bonds. The topological polar surface area (TPSA) is 63.8 Å². The molecule has 5 heteroatoms. The van der Waals surface area contributed by atoms with Crippen molar-refractivity contribution < 1.29 is 4.52 Å². The van der Waals surface area contributed by atoms with Crippen molar-refractivity contribution in [1.82, 2.24) is 15.1 Å². The lowest BCUT2D eigenvalue weighted by atomic mass is 10.1. The lowest BCUT2D eigenvalue weighted by molar-refractivity contribution is 0.459. The zero-order valence-corrected chi connectivity index (χ0v) is 13.2. The fourth-order valence-electron chi connectivity index (χ4n) is 2.30. The zero-order valence-electron chi connectivity index (χ0n) is 13.2. The van der Waals surface area contributed by atoms with Crippen LogP contribution in [0.1, 0.15) is 31.7 Å². The zero-order chi connectivity index (χ0) is 15.5. The van der Waals surface area contributed by atoms with Crippen LogP contribution in [0.4, 0.5) is 5.82 Å². The molecule has 0 unspecified atom stereocenters. The number of benzene rings is 1. The Hall–Kier alpha value is -2.43. The number of hydrogen-bond donors (Lipinski definition) is 1. The number of aromatic nitrogens is 3. The molecule has 0 atom stereocenters. The smallest absolute Gasteiger partial charge is 0.228 e. The lowest BCUT2D eigenvalue weighted by Gasteiger charge is -2.05. The molecule has 114 valence electrons. The van der Waals surface area contributed by atoms with Crippen LogP contribution >= 0.6 is 0 Å². The van der Waals surface area contributed by atoms with Gasteiger partial charge >= 0.3 is 0 Å². The van der Waals surface area contributed by atoms with Crippen LogP contribution in [-0.2, 0) is 6.42 Å². The normalized spacial score (nSPS) is 11.0. The number of anilines is 1. The molecule has 2 heterocycles. The fraction of sp³-hybridized carbons (Fsp3) is 0.353. The molecule has 1 aromatic carbocycles. The van der Waals surface area contributed by atoms with Crippen molar-refractivity contribution in [1.29, 1.82) is 0 Å². The monoisotopic (exact) mass is 296 g/mol. The van der Waals surface area contributed by atoms with Crippen molar-refractivity contribution in [3.8, 4) is 11.3 Å². The van der Waals surface area contributed by atoms with Gasteiger partial charge in [0, 0.05) is 18.5 Å². The molecule has 0 aliphatic carbocycles. The molecular formula is C17H20N4O. The van der Waals surface area contributed by atoms with Crippen LogP contribution in [0.15, 0.2) is 28.8 Å². The lowest BCUT2D eigenvalue weighted by Crippen LogP contribution is -2.05. The second-order valence-corrected chi connectivity index (χ2v) is 5.34. The fourth-order valence-corrected chi connectivity index (χ4v) is 2.30. The summed E-state index contributed by atoms with van der Waals surface area (Å²) in [5, 5.41) is 7.52. The van der Waals surface area contributed by atoms with Crippen molar-refractivity contribution in [2.45, 2.75) is 33.6 Å². The van der Waals surface area contributed by atoms with Crippen LogP contribution in [0.5, 0.6) is 0 Å². The molecule has 0 spiro atoms. The van der Waals surface area contributed by atoms with Crippen LogP contribution in [0.2, 0.25) is 0 Å². The van der Waals surface area contributed by atoms with E-state index in [2.05, 4.69) is 46.4 Å². The summed E-state index contributed by atoms with van der Waals surface area (Å²) in [7, 11) is 0. The highest BCUT2D eigenvalue weighted by Crippen LogP contribution is 2.30. The first kappa shape index (κ1) is 14.5. The van der Waals surface area contributed by atoms with E-state index in [-0.39, 0.29) is 0 Å². The molecule has 0 aliphatic rings. The van der Waals surface area contributed by atoms with Crippen LogP contribution < -0.4 is 5.32 Å². The van der Waals surface area contributed by atoms with Gasteiger partial charge in [0.25, 0.3) is 0 Å². The summed E-state index contributed by atoms with van der Waals surface area (Å²) in [6.07, 6.45) is 1.79. The van der Waals surface area contributed by atoms with Gasteiger partial charge in [0.2, 0.25) is 5.58 Å². The van der Waals surface area contributed by atoms with E-state index in [9.17, 15) is 0 Å². The van der Waals surface area contributed by atoms with E-state index in [0.29, 0.717) is 5.58 Å². The number of nitrogens with zero attached hydrogens (tertiary/aromatic N) is 3. The third kappa shape index (κ3) is 2.66. The Labute approximate surface area is 129 Å². The predicted octanol–water partition coefficient (Wildman–Crippen LogP) is 3.98. The first-order valence-electron chi connectivity index (χ1n) is 7.70. The summed E-state index contributed by atoms with van der Waals surface area (Å²) < 4.78 is 5.52. The maximum atomic E-state index is 5.52. The number of nitrogens with one attached hydrogen (secondary N) is 1. The Bertz CT molecular complexity index is 777. The molecule has 3 aromatic rings. The third-order valence-corrected chi connectivity index (χ3v) is 3.55. The van der Waals surface area contributed by atoms with Crippen molar-refractivity contribution in [2.24, 2.45) is 0 Å². The average molecular weight is 296 g/mol. The minimum Gasteiger partial charge on any atom is -0.367 e. The minimum absolute atomic E-state index is 0.626. The third-order valence-electron chi connectivity index (χ3n) is 3.55. The van der Waals surface area contributed by atoms with E-state index in [1.165, 1.54) is 5.56 Å². The standard InChI is InChI=1S/C17H20N4O/c1-4-10-18-17-16-15(19-13(5-2)20-17)14(21-22-16)12-8-6-11(3)7-9-12/h6-9H,4-5,10H2,1-3H3,(H,18,19,20). The van der Waals surface area contributed by atoms with Gasteiger partial charge in [0.15, 0.2) is 5.82 Å². The van der Waals surface area contributed by atoms with E-state index in [0.717, 1.165) is 47.8 Å². The Balaban J connectivity index is 2.14. The van der Waals surface area contributed by atoms with Gasteiger partial charge in [-0.1, -0.05) is 48.8 Å². The molecule has 0 radical (unpaired) electrons. The Morgan fingerprint density at radius 2 is 1.86 bits per heavy atom. The quantitative estimate of drug-likeness (QED) is 0.771. The van der Waals surface area contributed by atoms with Crippen LogP contribution in [0.3, 0.4) is 0 Å². The van der Waals surface area contributed by atoms with Gasteiger partial charge in [-0.2, -0.15) is 0 Å². The molecule has 22 heavy (non-hydrogen) atoms. The molecule has 0 bridgehead atoms. The number of hydrogen-bond acceptors (Lipinski definition) is 5. The van der Waals surface area contributed by atoms with Crippen LogP contribution in [-0.4, -0.2) is 21.7 Å². The second-order valence-electron chi connectivity index (χ2n) is 5.34. The second kappa shape index (κ2) is 6.13. The largest absolute Gasteiger partial charge is 0.367 e. The van der Waals surface area contributed by atoms with E-state index in [1.807, 2.05) is 19.1 Å². The van der Waals surface area contributed by atoms with Gasteiger partial charge in [-0.05, 0) is 13.3 Å². The highest BCUT2D eigenvalue weighted by Gasteiger charge is 2.17. The van der Waals surface area contributed by atoms with E-state index in [4.69, 9.17) is 4.52 Å². The van der Waals surface area contributed by atoms with Gasteiger partial charge in [-0.3, -0.25) is 0 Å². The highest BCUT2D eigenvalue weighted by molar-refractivity contribution is 5.93. The molecule has 3 rings (SSSR count). The van der Waals surface area contributed by atoms with Crippen molar-refractivity contribution in [2.75, 3.05) is 11.9 Å². The number of fused-ring (bicyclic) bond motifs is 1. The number of rotatable bonds is 5.